The quantitative estimate of drug-likeness (QED) is 0.827. The largest absolute Gasteiger partial charge is 0.389 e. The molecule has 0 radical (unpaired) electrons. The Kier molecular flexibility index (Phi) is 4.44. The Morgan fingerprint density at radius 1 is 1.60 bits per heavy atom. The van der Waals surface area contributed by atoms with Crippen LogP contribution in [0, 0.1) is 5.92 Å². The fourth-order valence-corrected chi connectivity index (χ4v) is 2.25. The van der Waals surface area contributed by atoms with Crippen molar-refractivity contribution in [2.75, 3.05) is 5.75 Å². The second kappa shape index (κ2) is 5.19. The zero-order valence-electron chi connectivity index (χ0n) is 9.20. The predicted molar refractivity (Wildman–Crippen MR) is 65.4 cm³/mol. The molecule has 1 aromatic rings. The number of pyridine rings is 1. The first kappa shape index (κ1) is 12.8. The normalized spacial score (nSPS) is 15.3. The van der Waals surface area contributed by atoms with Gasteiger partial charge in [-0.1, -0.05) is 25.4 Å². The summed E-state index contributed by atoms with van der Waals surface area (Å²) in [5, 5.41) is 11.5. The zero-order chi connectivity index (χ0) is 11.5. The number of thioether (sulfide) groups is 1. The maximum Gasteiger partial charge on any atom is 0.115 e. The maximum absolute atomic E-state index is 10.1. The smallest absolute Gasteiger partial charge is 0.115 e. The van der Waals surface area contributed by atoms with E-state index in [0.717, 1.165) is 5.03 Å². The minimum atomic E-state index is -0.689. The first-order valence-electron chi connectivity index (χ1n) is 4.89. The van der Waals surface area contributed by atoms with Crippen LogP contribution in [-0.2, 0) is 0 Å². The monoisotopic (exact) mass is 245 g/mol. The van der Waals surface area contributed by atoms with Gasteiger partial charge < -0.3 is 5.11 Å². The van der Waals surface area contributed by atoms with Crippen molar-refractivity contribution >= 4 is 23.4 Å². The van der Waals surface area contributed by atoms with Crippen LogP contribution in [0.5, 0.6) is 0 Å². The lowest BCUT2D eigenvalue weighted by Gasteiger charge is -2.26. The number of hydrogen-bond acceptors (Lipinski definition) is 3. The first-order valence-corrected chi connectivity index (χ1v) is 6.25. The first-order chi connectivity index (χ1) is 6.93. The molecule has 0 aromatic carbocycles. The van der Waals surface area contributed by atoms with Crippen molar-refractivity contribution in [1.29, 1.82) is 0 Å². The summed E-state index contributed by atoms with van der Waals surface area (Å²) < 4.78 is 0. The molecule has 1 rings (SSSR count). The average molecular weight is 246 g/mol. The third-order valence-electron chi connectivity index (χ3n) is 2.47. The van der Waals surface area contributed by atoms with Crippen molar-refractivity contribution in [2.24, 2.45) is 5.92 Å². The highest BCUT2D eigenvalue weighted by Crippen LogP contribution is 2.29. The fraction of sp³-hybridized carbons (Fsp3) is 0.545. The minimum absolute atomic E-state index is 0.215. The zero-order valence-corrected chi connectivity index (χ0v) is 10.8. The fourth-order valence-electron chi connectivity index (χ4n) is 0.859. The van der Waals surface area contributed by atoms with Gasteiger partial charge in [0.05, 0.1) is 10.6 Å². The molecule has 1 unspecified atom stereocenters. The summed E-state index contributed by atoms with van der Waals surface area (Å²) in [6, 6.07) is 3.61. The summed E-state index contributed by atoms with van der Waals surface area (Å²) in [7, 11) is 0. The summed E-state index contributed by atoms with van der Waals surface area (Å²) in [4.78, 5) is 4.16. The minimum Gasteiger partial charge on any atom is -0.389 e. The molecule has 0 amide bonds. The molecule has 1 aromatic heterocycles. The summed E-state index contributed by atoms with van der Waals surface area (Å²) >= 11 is 7.46. The lowest BCUT2D eigenvalue weighted by atomic mass is 9.95. The van der Waals surface area contributed by atoms with E-state index in [4.69, 9.17) is 11.6 Å². The van der Waals surface area contributed by atoms with Crippen LogP contribution in [0.3, 0.4) is 0 Å². The summed E-state index contributed by atoms with van der Waals surface area (Å²) in [6.45, 7) is 5.84. The molecule has 0 saturated carbocycles. The van der Waals surface area contributed by atoms with Crippen LogP contribution in [0.2, 0.25) is 5.02 Å². The topological polar surface area (TPSA) is 33.1 Å². The van der Waals surface area contributed by atoms with Gasteiger partial charge in [0.15, 0.2) is 0 Å². The van der Waals surface area contributed by atoms with Crippen LogP contribution in [0.15, 0.2) is 23.4 Å². The number of aliphatic hydroxyl groups is 1. The Balaban J connectivity index is 2.62. The van der Waals surface area contributed by atoms with E-state index in [0.29, 0.717) is 10.8 Å². The van der Waals surface area contributed by atoms with Gasteiger partial charge in [0.2, 0.25) is 0 Å². The van der Waals surface area contributed by atoms with Crippen LogP contribution < -0.4 is 0 Å². The molecule has 0 aliphatic rings. The van der Waals surface area contributed by atoms with E-state index >= 15 is 0 Å². The molecule has 84 valence electrons. The standard InChI is InChI=1S/C11H16ClNOS/c1-8(2)11(3,14)7-15-10-9(12)5-4-6-13-10/h4-6,8,14H,7H2,1-3H3. The molecule has 0 spiro atoms. The highest BCUT2D eigenvalue weighted by molar-refractivity contribution is 7.99. The molecular formula is C11H16ClNOS. The molecule has 0 fully saturated rings. The number of hydrogen-bond donors (Lipinski definition) is 1. The van der Waals surface area contributed by atoms with Crippen molar-refractivity contribution in [2.45, 2.75) is 31.4 Å². The SMILES string of the molecule is CC(C)C(C)(O)CSc1ncccc1Cl. The Morgan fingerprint density at radius 3 is 2.80 bits per heavy atom. The van der Waals surface area contributed by atoms with Crippen molar-refractivity contribution in [3.63, 3.8) is 0 Å². The summed E-state index contributed by atoms with van der Waals surface area (Å²) in [5.41, 5.74) is -0.689. The molecule has 15 heavy (non-hydrogen) atoms. The molecule has 0 aliphatic carbocycles. The van der Waals surface area contributed by atoms with E-state index in [1.54, 1.807) is 18.3 Å². The molecule has 0 saturated heterocycles. The lowest BCUT2D eigenvalue weighted by Crippen LogP contribution is -2.33. The second-order valence-corrected chi connectivity index (χ2v) is 5.46. The van der Waals surface area contributed by atoms with Crippen molar-refractivity contribution < 1.29 is 5.11 Å². The van der Waals surface area contributed by atoms with Crippen molar-refractivity contribution in [1.82, 2.24) is 4.98 Å². The van der Waals surface area contributed by atoms with Gasteiger partial charge in [0, 0.05) is 11.9 Å². The number of rotatable bonds is 4. The summed E-state index contributed by atoms with van der Waals surface area (Å²) in [6.07, 6.45) is 1.71. The van der Waals surface area contributed by atoms with E-state index in [-0.39, 0.29) is 5.92 Å². The third-order valence-corrected chi connectivity index (χ3v) is 4.21. The van der Waals surface area contributed by atoms with Crippen LogP contribution in [-0.4, -0.2) is 21.4 Å². The van der Waals surface area contributed by atoms with Crippen molar-refractivity contribution in [3.05, 3.63) is 23.4 Å². The Hall–Kier alpha value is -0.250. The summed E-state index contributed by atoms with van der Waals surface area (Å²) in [5.74, 6) is 0.814. The molecule has 1 heterocycles. The molecule has 0 aliphatic heterocycles. The van der Waals surface area contributed by atoms with Gasteiger partial charge in [-0.15, -0.1) is 11.8 Å². The molecule has 1 N–H and O–H groups in total. The highest BCUT2D eigenvalue weighted by atomic mass is 35.5. The van der Waals surface area contributed by atoms with Crippen LogP contribution in [0.4, 0.5) is 0 Å². The molecular weight excluding hydrogens is 230 g/mol. The van der Waals surface area contributed by atoms with Gasteiger partial charge >= 0.3 is 0 Å². The highest BCUT2D eigenvalue weighted by Gasteiger charge is 2.25. The Bertz CT molecular complexity index is 328. The Labute approximate surface area is 100 Å². The van der Waals surface area contributed by atoms with Gasteiger partial charge in [0.25, 0.3) is 0 Å². The second-order valence-electron chi connectivity index (χ2n) is 4.09. The van der Waals surface area contributed by atoms with E-state index < -0.39 is 5.60 Å². The van der Waals surface area contributed by atoms with Gasteiger partial charge in [0.1, 0.15) is 5.03 Å². The van der Waals surface area contributed by atoms with Crippen LogP contribution in [0.1, 0.15) is 20.8 Å². The number of nitrogens with zero attached hydrogens (tertiary/aromatic N) is 1. The predicted octanol–water partition coefficient (Wildman–Crippen LogP) is 3.23. The molecule has 1 atom stereocenters. The van der Waals surface area contributed by atoms with Gasteiger partial charge in [-0.2, -0.15) is 0 Å². The van der Waals surface area contributed by atoms with Gasteiger partial charge in [-0.25, -0.2) is 4.98 Å². The maximum atomic E-state index is 10.1. The molecule has 2 nitrogen and oxygen atoms in total. The third kappa shape index (κ3) is 3.67. The lowest BCUT2D eigenvalue weighted by molar-refractivity contribution is 0.0376. The average Bonchev–Trinajstić information content (AvgIpc) is 2.16. The van der Waals surface area contributed by atoms with E-state index in [1.165, 1.54) is 11.8 Å². The molecule has 4 heteroatoms. The number of halogens is 1. The van der Waals surface area contributed by atoms with Gasteiger partial charge in [-0.3, -0.25) is 0 Å². The number of aromatic nitrogens is 1. The van der Waals surface area contributed by atoms with E-state index in [9.17, 15) is 5.11 Å². The van der Waals surface area contributed by atoms with Crippen molar-refractivity contribution in [3.8, 4) is 0 Å². The Morgan fingerprint density at radius 2 is 2.27 bits per heavy atom. The van der Waals surface area contributed by atoms with Crippen LogP contribution in [0.25, 0.3) is 0 Å². The molecule has 0 bridgehead atoms. The van der Waals surface area contributed by atoms with Gasteiger partial charge in [-0.05, 0) is 25.0 Å². The van der Waals surface area contributed by atoms with E-state index in [2.05, 4.69) is 4.98 Å². The van der Waals surface area contributed by atoms with Crippen LogP contribution >= 0.6 is 23.4 Å². The van der Waals surface area contributed by atoms with E-state index in [1.807, 2.05) is 20.8 Å².